The Morgan fingerprint density at radius 1 is 1.09 bits per heavy atom. The van der Waals surface area contributed by atoms with E-state index in [4.69, 9.17) is 15.2 Å². The van der Waals surface area contributed by atoms with Gasteiger partial charge in [0.25, 0.3) is 0 Å². The summed E-state index contributed by atoms with van der Waals surface area (Å²) >= 11 is 0. The molecule has 1 fully saturated rings. The summed E-state index contributed by atoms with van der Waals surface area (Å²) in [4.78, 5) is 26.1. The second kappa shape index (κ2) is 7.12. The first kappa shape index (κ1) is 21.6. The number of carbonyl (C=O) groups is 1. The average molecular weight is 448 g/mol. The molecule has 0 aromatic carbocycles. The molecule has 3 aromatic rings. The molecule has 1 aliphatic heterocycles. The number of ether oxygens (including phenoxy) is 2. The molecule has 1 aliphatic carbocycles. The minimum Gasteiger partial charge on any atom is -0.471 e. The van der Waals surface area contributed by atoms with Crippen LogP contribution >= 0.6 is 0 Å². The predicted molar refractivity (Wildman–Crippen MR) is 126 cm³/mol. The molecule has 33 heavy (non-hydrogen) atoms. The Kier molecular flexibility index (Phi) is 4.65. The number of cyclic esters (lactones) is 1. The minimum atomic E-state index is -0.595. The van der Waals surface area contributed by atoms with Crippen LogP contribution in [0.3, 0.4) is 0 Å². The number of pyridine rings is 3. The van der Waals surface area contributed by atoms with Gasteiger partial charge in [-0.15, -0.1) is 0 Å². The minimum absolute atomic E-state index is 0.154. The monoisotopic (exact) mass is 447 g/mol. The van der Waals surface area contributed by atoms with Crippen LogP contribution in [0.25, 0.3) is 10.8 Å². The van der Waals surface area contributed by atoms with Crippen molar-refractivity contribution in [1.82, 2.24) is 15.0 Å². The van der Waals surface area contributed by atoms with Crippen LogP contribution in [0.1, 0.15) is 69.1 Å². The molecule has 2 aliphatic rings. The molecule has 8 nitrogen and oxygen atoms in total. The summed E-state index contributed by atoms with van der Waals surface area (Å²) < 4.78 is 11.6. The second-order valence-electron chi connectivity index (χ2n) is 10.5. The number of rotatable bonds is 5. The summed E-state index contributed by atoms with van der Waals surface area (Å²) in [6.07, 6.45) is 6.13. The third kappa shape index (κ3) is 4.23. The highest BCUT2D eigenvalue weighted by Crippen LogP contribution is 2.42. The lowest BCUT2D eigenvalue weighted by Gasteiger charge is -2.30. The maximum absolute atomic E-state index is 12.3. The van der Waals surface area contributed by atoms with Crippen LogP contribution in [0.2, 0.25) is 0 Å². The number of nitrogens with zero attached hydrogens (tertiary/aromatic N) is 3. The molecule has 172 valence electrons. The number of fused-ring (bicyclic) bond motifs is 2. The first-order valence-corrected chi connectivity index (χ1v) is 11.2. The normalized spacial score (nSPS) is 18.4. The lowest BCUT2D eigenvalue weighted by atomic mass is 9.93. The van der Waals surface area contributed by atoms with Gasteiger partial charge in [-0.1, -0.05) is 0 Å². The third-order valence-electron chi connectivity index (χ3n) is 6.14. The van der Waals surface area contributed by atoms with Crippen molar-refractivity contribution in [3.63, 3.8) is 0 Å². The van der Waals surface area contributed by atoms with Gasteiger partial charge in [-0.3, -0.25) is 0 Å². The Balaban J connectivity index is 1.52. The quantitative estimate of drug-likeness (QED) is 0.554. The molecule has 0 spiro atoms. The summed E-state index contributed by atoms with van der Waals surface area (Å²) in [7, 11) is 0. The van der Waals surface area contributed by atoms with E-state index < -0.39 is 11.1 Å². The molecule has 4 heterocycles. The molecular weight excluding hydrogens is 418 g/mol. The SMILES string of the molecule is CC1(C)Cc2nc(Nc3cc4c(C(C)(C)N)cnc(OC5(C)CC5)c4cn3)ccc2C(=O)O1. The average Bonchev–Trinajstić information content (AvgIpc) is 3.42. The summed E-state index contributed by atoms with van der Waals surface area (Å²) in [5.74, 6) is 1.46. The number of nitrogens with one attached hydrogen (secondary N) is 1. The van der Waals surface area contributed by atoms with Gasteiger partial charge < -0.3 is 20.5 Å². The number of esters is 1. The molecule has 0 amide bonds. The van der Waals surface area contributed by atoms with Crippen molar-refractivity contribution < 1.29 is 14.3 Å². The fourth-order valence-corrected chi connectivity index (χ4v) is 4.05. The van der Waals surface area contributed by atoms with Crippen LogP contribution < -0.4 is 15.8 Å². The van der Waals surface area contributed by atoms with Gasteiger partial charge in [0.1, 0.15) is 22.8 Å². The van der Waals surface area contributed by atoms with E-state index in [2.05, 4.69) is 27.2 Å². The van der Waals surface area contributed by atoms with Crippen LogP contribution in [0.4, 0.5) is 11.6 Å². The Labute approximate surface area is 192 Å². The van der Waals surface area contributed by atoms with Crippen molar-refractivity contribution in [2.24, 2.45) is 5.73 Å². The van der Waals surface area contributed by atoms with Gasteiger partial charge in [0, 0.05) is 24.4 Å². The van der Waals surface area contributed by atoms with Crippen molar-refractivity contribution >= 4 is 28.4 Å². The molecule has 3 N–H and O–H groups in total. The molecular formula is C25H29N5O3. The summed E-state index contributed by atoms with van der Waals surface area (Å²) in [6.45, 7) is 9.75. The van der Waals surface area contributed by atoms with Gasteiger partial charge in [-0.25, -0.2) is 19.7 Å². The smallest absolute Gasteiger partial charge is 0.340 e. The van der Waals surface area contributed by atoms with E-state index in [1.807, 2.05) is 33.8 Å². The Hall–Kier alpha value is -3.26. The van der Waals surface area contributed by atoms with E-state index in [0.717, 1.165) is 29.2 Å². The van der Waals surface area contributed by atoms with Crippen molar-refractivity contribution in [2.75, 3.05) is 5.32 Å². The van der Waals surface area contributed by atoms with Gasteiger partial charge in [0.05, 0.1) is 16.6 Å². The molecule has 0 bridgehead atoms. The highest BCUT2D eigenvalue weighted by atomic mass is 16.6. The largest absolute Gasteiger partial charge is 0.471 e. The number of anilines is 2. The standard InChI is InChI=1S/C25H29N5O3/c1-23(2)11-18-14(22(31)33-23)6-7-19(29-18)30-20-10-15-16(12-27-20)21(32-25(5)8-9-25)28-13-17(15)24(3,4)26/h6-7,10,12-13H,8-9,11,26H2,1-5H3,(H,27,29,30). The molecule has 0 unspecified atom stereocenters. The molecule has 3 aromatic heterocycles. The van der Waals surface area contributed by atoms with Crippen molar-refractivity contribution in [3.8, 4) is 5.88 Å². The van der Waals surface area contributed by atoms with Crippen LogP contribution in [0.15, 0.2) is 30.6 Å². The van der Waals surface area contributed by atoms with E-state index in [1.165, 1.54) is 0 Å². The molecule has 1 saturated carbocycles. The van der Waals surface area contributed by atoms with Crippen LogP contribution in [-0.2, 0) is 16.7 Å². The summed E-state index contributed by atoms with van der Waals surface area (Å²) in [5.41, 5.74) is 7.23. The van der Waals surface area contributed by atoms with E-state index in [1.54, 1.807) is 24.5 Å². The van der Waals surface area contributed by atoms with Crippen LogP contribution in [0.5, 0.6) is 5.88 Å². The third-order valence-corrected chi connectivity index (χ3v) is 6.14. The Bertz CT molecular complexity index is 1280. The Morgan fingerprint density at radius 3 is 2.55 bits per heavy atom. The van der Waals surface area contributed by atoms with E-state index >= 15 is 0 Å². The first-order valence-electron chi connectivity index (χ1n) is 11.2. The topological polar surface area (TPSA) is 112 Å². The van der Waals surface area contributed by atoms with Gasteiger partial charge >= 0.3 is 5.97 Å². The second-order valence-corrected chi connectivity index (χ2v) is 10.5. The zero-order valence-electron chi connectivity index (χ0n) is 19.7. The molecule has 8 heteroatoms. The van der Waals surface area contributed by atoms with Gasteiger partial charge in [0.2, 0.25) is 5.88 Å². The zero-order valence-corrected chi connectivity index (χ0v) is 19.7. The highest BCUT2D eigenvalue weighted by Gasteiger charge is 2.41. The molecule has 0 radical (unpaired) electrons. The van der Waals surface area contributed by atoms with Crippen molar-refractivity contribution in [1.29, 1.82) is 0 Å². The number of hydrogen-bond acceptors (Lipinski definition) is 8. The predicted octanol–water partition coefficient (Wildman–Crippen LogP) is 4.39. The summed E-state index contributed by atoms with van der Waals surface area (Å²) in [5, 5.41) is 5.02. The molecule has 0 saturated heterocycles. The Morgan fingerprint density at radius 2 is 1.85 bits per heavy atom. The zero-order chi connectivity index (χ0) is 23.6. The van der Waals surface area contributed by atoms with Gasteiger partial charge in [-0.2, -0.15) is 0 Å². The molecule has 0 atom stereocenters. The maximum Gasteiger partial charge on any atom is 0.340 e. The highest BCUT2D eigenvalue weighted by molar-refractivity contribution is 5.93. The first-order chi connectivity index (χ1) is 15.4. The van der Waals surface area contributed by atoms with Gasteiger partial charge in [-0.05, 0) is 76.6 Å². The van der Waals surface area contributed by atoms with Crippen LogP contribution in [0, 0.1) is 0 Å². The fourth-order valence-electron chi connectivity index (χ4n) is 4.05. The number of aromatic nitrogens is 3. The number of hydrogen-bond donors (Lipinski definition) is 2. The number of carbonyl (C=O) groups excluding carboxylic acids is 1. The lowest BCUT2D eigenvalue weighted by molar-refractivity contribution is -0.00714. The van der Waals surface area contributed by atoms with E-state index in [0.29, 0.717) is 35.2 Å². The fraction of sp³-hybridized carbons (Fsp3) is 0.440. The van der Waals surface area contributed by atoms with Gasteiger partial charge in [0.15, 0.2) is 0 Å². The summed E-state index contributed by atoms with van der Waals surface area (Å²) in [6, 6.07) is 5.44. The van der Waals surface area contributed by atoms with Crippen molar-refractivity contribution in [3.05, 3.63) is 47.4 Å². The number of nitrogens with two attached hydrogens (primary N) is 1. The molecule has 5 rings (SSSR count). The van der Waals surface area contributed by atoms with Crippen molar-refractivity contribution in [2.45, 2.75) is 70.6 Å². The van der Waals surface area contributed by atoms with E-state index in [-0.39, 0.29) is 11.6 Å². The maximum atomic E-state index is 12.3. The van der Waals surface area contributed by atoms with E-state index in [9.17, 15) is 4.79 Å². The van der Waals surface area contributed by atoms with Crippen LogP contribution in [-0.4, -0.2) is 32.1 Å². The lowest BCUT2D eigenvalue weighted by Crippen LogP contribution is -2.36.